The first-order valence-electron chi connectivity index (χ1n) is 6.40. The van der Waals surface area contributed by atoms with Crippen molar-refractivity contribution in [1.29, 1.82) is 0 Å². The molecule has 0 heterocycles. The summed E-state index contributed by atoms with van der Waals surface area (Å²) < 4.78 is 13.0. The van der Waals surface area contributed by atoms with Gasteiger partial charge in [0.15, 0.2) is 0 Å². The molecule has 0 bridgehead atoms. The molecule has 0 atom stereocenters. The maximum Gasteiger partial charge on any atom is 0.224 e. The highest BCUT2D eigenvalue weighted by molar-refractivity contribution is 6.31. The second kappa shape index (κ2) is 7.06. The van der Waals surface area contributed by atoms with Crippen molar-refractivity contribution in [3.05, 3.63) is 70.5 Å². The lowest BCUT2D eigenvalue weighted by Crippen LogP contribution is -2.27. The van der Waals surface area contributed by atoms with E-state index in [4.69, 9.17) is 11.6 Å². The van der Waals surface area contributed by atoms with Gasteiger partial charge in [-0.15, -0.1) is 0 Å². The predicted molar refractivity (Wildman–Crippen MR) is 78.3 cm³/mol. The van der Waals surface area contributed by atoms with Gasteiger partial charge in [-0.2, -0.15) is 0 Å². The molecule has 20 heavy (non-hydrogen) atoms. The van der Waals surface area contributed by atoms with Crippen LogP contribution in [0.5, 0.6) is 0 Å². The maximum absolute atomic E-state index is 13.0. The zero-order valence-corrected chi connectivity index (χ0v) is 11.7. The zero-order valence-electron chi connectivity index (χ0n) is 10.9. The Morgan fingerprint density at radius 2 is 1.95 bits per heavy atom. The fraction of sp³-hybridized carbons (Fsp3) is 0.188. The number of hydrogen-bond acceptors (Lipinski definition) is 1. The molecule has 0 unspecified atom stereocenters. The Morgan fingerprint density at radius 3 is 2.70 bits per heavy atom. The van der Waals surface area contributed by atoms with E-state index in [0.29, 0.717) is 18.0 Å². The summed E-state index contributed by atoms with van der Waals surface area (Å²) in [7, 11) is 0. The Bertz CT molecular complexity index is 601. The van der Waals surface area contributed by atoms with Gasteiger partial charge in [0.2, 0.25) is 5.91 Å². The smallest absolute Gasteiger partial charge is 0.224 e. The van der Waals surface area contributed by atoms with Crippen molar-refractivity contribution in [3.63, 3.8) is 0 Å². The monoisotopic (exact) mass is 291 g/mol. The quantitative estimate of drug-likeness (QED) is 0.899. The van der Waals surface area contributed by atoms with Gasteiger partial charge in [0, 0.05) is 11.6 Å². The van der Waals surface area contributed by atoms with Crippen LogP contribution in [0.4, 0.5) is 4.39 Å². The molecule has 0 saturated heterocycles. The molecule has 2 aromatic carbocycles. The molecule has 2 rings (SSSR count). The van der Waals surface area contributed by atoms with Crippen LogP contribution in [0.2, 0.25) is 5.02 Å². The molecular formula is C16H15ClFNO. The van der Waals surface area contributed by atoms with E-state index in [1.807, 2.05) is 24.3 Å². The molecule has 2 nitrogen and oxygen atoms in total. The third-order valence-corrected chi connectivity index (χ3v) is 3.30. The lowest BCUT2D eigenvalue weighted by molar-refractivity contribution is -0.120. The summed E-state index contributed by atoms with van der Waals surface area (Å²) in [5.74, 6) is -0.348. The Labute approximate surface area is 122 Å². The van der Waals surface area contributed by atoms with Gasteiger partial charge in [-0.3, -0.25) is 4.79 Å². The van der Waals surface area contributed by atoms with Gasteiger partial charge < -0.3 is 5.32 Å². The van der Waals surface area contributed by atoms with E-state index in [0.717, 1.165) is 11.1 Å². The highest BCUT2D eigenvalue weighted by atomic mass is 35.5. The number of carbonyl (C=O) groups excluding carboxylic acids is 1. The highest BCUT2D eigenvalue weighted by Gasteiger charge is 2.06. The maximum atomic E-state index is 13.0. The van der Waals surface area contributed by atoms with Crippen LogP contribution in [-0.4, -0.2) is 12.5 Å². The third kappa shape index (κ3) is 4.35. The summed E-state index contributed by atoms with van der Waals surface area (Å²) in [6.07, 6.45) is 0.856. The zero-order chi connectivity index (χ0) is 14.4. The van der Waals surface area contributed by atoms with E-state index in [9.17, 15) is 9.18 Å². The minimum Gasteiger partial charge on any atom is -0.355 e. The normalized spacial score (nSPS) is 10.3. The molecule has 104 valence electrons. The van der Waals surface area contributed by atoms with Crippen molar-refractivity contribution in [2.24, 2.45) is 0 Å². The highest BCUT2D eigenvalue weighted by Crippen LogP contribution is 2.15. The first-order valence-corrected chi connectivity index (χ1v) is 6.77. The van der Waals surface area contributed by atoms with Gasteiger partial charge in [-0.1, -0.05) is 41.9 Å². The average Bonchev–Trinajstić information content (AvgIpc) is 2.41. The standard InChI is InChI=1S/C16H15ClFNO/c17-15-7-2-1-5-13(15)11-16(20)19-9-8-12-4-3-6-14(18)10-12/h1-7,10H,8-9,11H2,(H,19,20). The molecule has 0 spiro atoms. The van der Waals surface area contributed by atoms with Crippen molar-refractivity contribution < 1.29 is 9.18 Å². The van der Waals surface area contributed by atoms with Gasteiger partial charge >= 0.3 is 0 Å². The number of hydrogen-bond donors (Lipinski definition) is 1. The van der Waals surface area contributed by atoms with Crippen LogP contribution >= 0.6 is 11.6 Å². The molecule has 0 fully saturated rings. The van der Waals surface area contributed by atoms with Crippen LogP contribution in [0.15, 0.2) is 48.5 Å². The molecule has 0 aromatic heterocycles. The third-order valence-electron chi connectivity index (χ3n) is 2.93. The number of carbonyl (C=O) groups is 1. The van der Waals surface area contributed by atoms with E-state index in [2.05, 4.69) is 5.32 Å². The second-order valence-electron chi connectivity index (χ2n) is 4.50. The number of amides is 1. The topological polar surface area (TPSA) is 29.1 Å². The minimum absolute atomic E-state index is 0.0884. The minimum atomic E-state index is -0.259. The van der Waals surface area contributed by atoms with Crippen LogP contribution in [0, 0.1) is 5.82 Å². The van der Waals surface area contributed by atoms with E-state index >= 15 is 0 Å². The largest absolute Gasteiger partial charge is 0.355 e. The lowest BCUT2D eigenvalue weighted by atomic mass is 10.1. The summed E-state index contributed by atoms with van der Waals surface area (Å²) in [4.78, 5) is 11.8. The van der Waals surface area contributed by atoms with Crippen LogP contribution in [0.25, 0.3) is 0 Å². The van der Waals surface area contributed by atoms with Crippen molar-refractivity contribution >= 4 is 17.5 Å². The SMILES string of the molecule is O=C(Cc1ccccc1Cl)NCCc1cccc(F)c1. The van der Waals surface area contributed by atoms with E-state index in [1.165, 1.54) is 12.1 Å². The number of benzene rings is 2. The molecule has 1 N–H and O–H groups in total. The van der Waals surface area contributed by atoms with Crippen molar-refractivity contribution in [2.45, 2.75) is 12.8 Å². The summed E-state index contributed by atoms with van der Waals surface area (Å²) in [5.41, 5.74) is 1.67. The Morgan fingerprint density at radius 1 is 1.15 bits per heavy atom. The Kier molecular flexibility index (Phi) is 5.13. The molecule has 0 aliphatic carbocycles. The Hall–Kier alpha value is -1.87. The first kappa shape index (κ1) is 14.5. The van der Waals surface area contributed by atoms with Crippen molar-refractivity contribution in [3.8, 4) is 0 Å². The fourth-order valence-corrected chi connectivity index (χ4v) is 2.12. The molecule has 4 heteroatoms. The van der Waals surface area contributed by atoms with Gasteiger partial charge in [-0.05, 0) is 35.7 Å². The molecule has 2 aromatic rings. The number of halogens is 2. The number of rotatable bonds is 5. The molecule has 0 aliphatic rings. The van der Waals surface area contributed by atoms with E-state index in [1.54, 1.807) is 12.1 Å². The van der Waals surface area contributed by atoms with Crippen LogP contribution < -0.4 is 5.32 Å². The summed E-state index contributed by atoms with van der Waals surface area (Å²) in [6.45, 7) is 0.479. The van der Waals surface area contributed by atoms with Crippen LogP contribution in [-0.2, 0) is 17.6 Å². The average molecular weight is 292 g/mol. The summed E-state index contributed by atoms with van der Waals surface area (Å²) in [6, 6.07) is 13.6. The van der Waals surface area contributed by atoms with Gasteiger partial charge in [-0.25, -0.2) is 4.39 Å². The molecule has 0 radical (unpaired) electrons. The van der Waals surface area contributed by atoms with Gasteiger partial charge in [0.25, 0.3) is 0 Å². The lowest BCUT2D eigenvalue weighted by Gasteiger charge is -2.06. The predicted octanol–water partition coefficient (Wildman–Crippen LogP) is 3.38. The molecule has 0 aliphatic heterocycles. The summed E-state index contributed by atoms with van der Waals surface area (Å²) >= 11 is 5.99. The van der Waals surface area contributed by atoms with Crippen molar-refractivity contribution in [2.75, 3.05) is 6.54 Å². The molecule has 0 saturated carbocycles. The van der Waals surface area contributed by atoms with Crippen LogP contribution in [0.1, 0.15) is 11.1 Å². The molecule has 1 amide bonds. The summed E-state index contributed by atoms with van der Waals surface area (Å²) in [5, 5.41) is 3.40. The van der Waals surface area contributed by atoms with Crippen LogP contribution in [0.3, 0.4) is 0 Å². The van der Waals surface area contributed by atoms with Gasteiger partial charge in [0.1, 0.15) is 5.82 Å². The van der Waals surface area contributed by atoms with Crippen molar-refractivity contribution in [1.82, 2.24) is 5.32 Å². The molecular weight excluding hydrogens is 277 g/mol. The Balaban J connectivity index is 1.80. The fourth-order valence-electron chi connectivity index (χ4n) is 1.92. The van der Waals surface area contributed by atoms with E-state index in [-0.39, 0.29) is 18.1 Å². The van der Waals surface area contributed by atoms with E-state index < -0.39 is 0 Å². The number of nitrogens with one attached hydrogen (secondary N) is 1. The van der Waals surface area contributed by atoms with Gasteiger partial charge in [0.05, 0.1) is 6.42 Å². The first-order chi connectivity index (χ1) is 9.65. The second-order valence-corrected chi connectivity index (χ2v) is 4.91.